The first-order chi connectivity index (χ1) is 11.5. The molecule has 0 fully saturated rings. The van der Waals surface area contributed by atoms with Crippen LogP contribution in [-0.4, -0.2) is 29.6 Å². The highest BCUT2D eigenvalue weighted by Gasteiger charge is 2.12. The zero-order valence-electron chi connectivity index (χ0n) is 14.1. The molecule has 0 aromatic carbocycles. The molecule has 0 aliphatic heterocycles. The number of nitrogens with one attached hydrogen (secondary N) is 1. The highest BCUT2D eigenvalue weighted by Crippen LogP contribution is 2.19. The molecule has 0 radical (unpaired) electrons. The second-order valence-electron chi connectivity index (χ2n) is 5.93. The fourth-order valence-electron chi connectivity index (χ4n) is 2.35. The van der Waals surface area contributed by atoms with Gasteiger partial charge in [-0.25, -0.2) is 0 Å². The summed E-state index contributed by atoms with van der Waals surface area (Å²) in [5.74, 6) is -0.846. The van der Waals surface area contributed by atoms with Crippen LogP contribution in [-0.2, 0) is 22.6 Å². The van der Waals surface area contributed by atoms with E-state index in [1.54, 1.807) is 11.3 Å². The summed E-state index contributed by atoms with van der Waals surface area (Å²) >= 11 is 1.68. The van der Waals surface area contributed by atoms with Crippen LogP contribution in [0.4, 0.5) is 0 Å². The molecule has 0 spiro atoms. The number of amides is 1. The maximum atomic E-state index is 11.9. The van der Waals surface area contributed by atoms with Crippen molar-refractivity contribution in [2.45, 2.75) is 64.0 Å². The highest BCUT2D eigenvalue weighted by molar-refractivity contribution is 7.11. The number of carboxylic acid groups (broad SMARTS) is 1. The van der Waals surface area contributed by atoms with Crippen molar-refractivity contribution in [2.75, 3.05) is 6.54 Å². The average molecular weight is 356 g/mol. The zero-order valence-corrected chi connectivity index (χ0v) is 14.9. The number of rotatable bonds is 13. The molecule has 7 heteroatoms. The van der Waals surface area contributed by atoms with Gasteiger partial charge in [0.2, 0.25) is 5.91 Å². The zero-order chi connectivity index (χ0) is 17.8. The second kappa shape index (κ2) is 12.0. The Labute approximate surface area is 147 Å². The third-order valence-corrected chi connectivity index (χ3v) is 4.92. The number of thiophene rings is 1. The summed E-state index contributed by atoms with van der Waals surface area (Å²) in [6, 6.07) is 3.63. The van der Waals surface area contributed by atoms with Crippen molar-refractivity contribution in [1.82, 2.24) is 5.32 Å². The van der Waals surface area contributed by atoms with E-state index >= 15 is 0 Å². The van der Waals surface area contributed by atoms with Crippen molar-refractivity contribution < 1.29 is 14.7 Å². The van der Waals surface area contributed by atoms with E-state index in [2.05, 4.69) is 11.4 Å². The quantitative estimate of drug-likeness (QED) is 0.404. The Balaban J connectivity index is 2.21. The molecule has 1 aromatic heterocycles. The number of hydrogen-bond donors (Lipinski definition) is 4. The molecule has 0 aliphatic carbocycles. The number of hydrogen-bond acceptors (Lipinski definition) is 5. The molecule has 0 saturated carbocycles. The molecule has 24 heavy (non-hydrogen) atoms. The molecule has 1 amide bonds. The predicted molar refractivity (Wildman–Crippen MR) is 96.9 cm³/mol. The van der Waals surface area contributed by atoms with Gasteiger partial charge in [-0.2, -0.15) is 0 Å². The number of carbonyl (C=O) groups is 2. The van der Waals surface area contributed by atoms with Crippen LogP contribution in [0, 0.1) is 0 Å². The van der Waals surface area contributed by atoms with Crippen LogP contribution < -0.4 is 16.8 Å². The SMILES string of the molecule is NCCCCC(N)C(=O)NCc1ccc(CCCCCC(=O)O)s1. The van der Waals surface area contributed by atoms with Crippen molar-refractivity contribution in [3.63, 3.8) is 0 Å². The largest absolute Gasteiger partial charge is 0.481 e. The summed E-state index contributed by atoms with van der Waals surface area (Å²) in [7, 11) is 0. The molecule has 1 rings (SSSR count). The lowest BCUT2D eigenvalue weighted by Gasteiger charge is -2.11. The number of carbonyl (C=O) groups excluding carboxylic acids is 1. The summed E-state index contributed by atoms with van der Waals surface area (Å²) in [5, 5.41) is 11.5. The van der Waals surface area contributed by atoms with E-state index in [4.69, 9.17) is 16.6 Å². The van der Waals surface area contributed by atoms with Gasteiger partial charge in [0.15, 0.2) is 0 Å². The van der Waals surface area contributed by atoms with Gasteiger partial charge < -0.3 is 21.9 Å². The Morgan fingerprint density at radius 2 is 1.88 bits per heavy atom. The van der Waals surface area contributed by atoms with E-state index in [1.807, 2.05) is 6.07 Å². The summed E-state index contributed by atoms with van der Waals surface area (Å²) in [5.41, 5.74) is 11.3. The van der Waals surface area contributed by atoms with Crippen molar-refractivity contribution >= 4 is 23.2 Å². The van der Waals surface area contributed by atoms with Gasteiger partial charge in [0.1, 0.15) is 0 Å². The molecular formula is C17H29N3O3S. The van der Waals surface area contributed by atoms with Gasteiger partial charge in [-0.1, -0.05) is 12.8 Å². The molecule has 0 saturated heterocycles. The van der Waals surface area contributed by atoms with Gasteiger partial charge in [-0.3, -0.25) is 9.59 Å². The number of carboxylic acids is 1. The first kappa shape index (κ1) is 20.6. The minimum atomic E-state index is -0.731. The summed E-state index contributed by atoms with van der Waals surface area (Å²) in [6.07, 6.45) is 6.27. The molecule has 6 nitrogen and oxygen atoms in total. The maximum Gasteiger partial charge on any atom is 0.303 e. The Morgan fingerprint density at radius 1 is 1.12 bits per heavy atom. The molecule has 1 heterocycles. The molecule has 1 unspecified atom stereocenters. The molecule has 1 atom stereocenters. The number of unbranched alkanes of at least 4 members (excludes halogenated alkanes) is 3. The van der Waals surface area contributed by atoms with Gasteiger partial charge in [-0.15, -0.1) is 11.3 Å². The van der Waals surface area contributed by atoms with Crippen molar-refractivity contribution in [2.24, 2.45) is 11.5 Å². The summed E-state index contributed by atoms with van der Waals surface area (Å²) in [6.45, 7) is 1.13. The molecule has 136 valence electrons. The van der Waals surface area contributed by atoms with Crippen LogP contribution in [0.25, 0.3) is 0 Å². The van der Waals surface area contributed by atoms with E-state index in [0.29, 0.717) is 19.5 Å². The van der Waals surface area contributed by atoms with Crippen LogP contribution in [0.15, 0.2) is 12.1 Å². The first-order valence-corrected chi connectivity index (χ1v) is 9.37. The lowest BCUT2D eigenvalue weighted by molar-refractivity contribution is -0.137. The lowest BCUT2D eigenvalue weighted by Crippen LogP contribution is -2.40. The van der Waals surface area contributed by atoms with Crippen LogP contribution in [0.3, 0.4) is 0 Å². The minimum Gasteiger partial charge on any atom is -0.481 e. The van der Waals surface area contributed by atoms with E-state index in [9.17, 15) is 9.59 Å². The minimum absolute atomic E-state index is 0.115. The fourth-order valence-corrected chi connectivity index (χ4v) is 3.35. The number of aryl methyl sites for hydroxylation is 1. The average Bonchev–Trinajstić information content (AvgIpc) is 3.00. The molecule has 6 N–H and O–H groups in total. The first-order valence-electron chi connectivity index (χ1n) is 8.55. The summed E-state index contributed by atoms with van der Waals surface area (Å²) < 4.78 is 0. The summed E-state index contributed by atoms with van der Waals surface area (Å²) in [4.78, 5) is 24.7. The van der Waals surface area contributed by atoms with Gasteiger partial charge in [0.05, 0.1) is 12.6 Å². The van der Waals surface area contributed by atoms with Gasteiger partial charge >= 0.3 is 5.97 Å². The Kier molecular flexibility index (Phi) is 10.3. The second-order valence-corrected chi connectivity index (χ2v) is 7.18. The van der Waals surface area contributed by atoms with E-state index in [-0.39, 0.29) is 12.3 Å². The van der Waals surface area contributed by atoms with Crippen molar-refractivity contribution in [3.8, 4) is 0 Å². The van der Waals surface area contributed by atoms with Crippen LogP contribution in [0.5, 0.6) is 0 Å². The van der Waals surface area contributed by atoms with Gasteiger partial charge in [-0.05, 0) is 50.8 Å². The monoisotopic (exact) mass is 355 g/mol. The van der Waals surface area contributed by atoms with E-state index in [0.717, 1.165) is 43.4 Å². The van der Waals surface area contributed by atoms with Crippen LogP contribution >= 0.6 is 11.3 Å². The molecule has 1 aromatic rings. The topological polar surface area (TPSA) is 118 Å². The fraction of sp³-hybridized carbons (Fsp3) is 0.647. The van der Waals surface area contributed by atoms with Crippen molar-refractivity contribution in [3.05, 3.63) is 21.9 Å². The molecule has 0 aliphatic rings. The Morgan fingerprint density at radius 3 is 2.58 bits per heavy atom. The number of aliphatic carboxylic acids is 1. The van der Waals surface area contributed by atoms with Crippen LogP contribution in [0.1, 0.15) is 54.7 Å². The van der Waals surface area contributed by atoms with E-state index < -0.39 is 12.0 Å². The Bertz CT molecular complexity index is 505. The highest BCUT2D eigenvalue weighted by atomic mass is 32.1. The van der Waals surface area contributed by atoms with Gasteiger partial charge in [0.25, 0.3) is 0 Å². The molecule has 0 bridgehead atoms. The number of nitrogens with two attached hydrogens (primary N) is 2. The molecular weight excluding hydrogens is 326 g/mol. The van der Waals surface area contributed by atoms with Crippen LogP contribution in [0.2, 0.25) is 0 Å². The van der Waals surface area contributed by atoms with E-state index in [1.165, 1.54) is 4.88 Å². The third-order valence-electron chi connectivity index (χ3n) is 3.77. The lowest BCUT2D eigenvalue weighted by atomic mass is 10.1. The Hall–Kier alpha value is -1.44. The van der Waals surface area contributed by atoms with Crippen molar-refractivity contribution in [1.29, 1.82) is 0 Å². The smallest absolute Gasteiger partial charge is 0.303 e. The van der Waals surface area contributed by atoms with Gasteiger partial charge in [0, 0.05) is 16.2 Å². The maximum absolute atomic E-state index is 11.9. The normalized spacial score (nSPS) is 12.1. The standard InChI is InChI=1S/C17H29N3O3S/c18-11-5-4-7-15(19)17(23)20-12-14-10-9-13(24-14)6-2-1-3-8-16(21)22/h9-10,15H,1-8,11-12,18-19H2,(H,20,23)(H,21,22). The third kappa shape index (κ3) is 9.00. The predicted octanol–water partition coefficient (Wildman–Crippen LogP) is 2.01.